The van der Waals surface area contributed by atoms with Gasteiger partial charge in [-0.3, -0.25) is 9.59 Å². The SMILES string of the molecule is CC(=O)NC(CC(=O)N1CCCCC1)c1ccc(Cl)cc1. The van der Waals surface area contributed by atoms with Crippen LogP contribution < -0.4 is 5.32 Å². The molecule has 0 aromatic heterocycles. The number of carbonyl (C=O) groups is 2. The van der Waals surface area contributed by atoms with Crippen molar-refractivity contribution in [3.05, 3.63) is 34.9 Å². The van der Waals surface area contributed by atoms with Crippen LogP contribution in [0.5, 0.6) is 0 Å². The minimum atomic E-state index is -0.297. The van der Waals surface area contributed by atoms with Crippen LogP contribution in [0.1, 0.15) is 44.2 Å². The van der Waals surface area contributed by atoms with E-state index < -0.39 is 0 Å². The molecule has 0 saturated carbocycles. The summed E-state index contributed by atoms with van der Waals surface area (Å²) in [4.78, 5) is 25.7. The first-order valence-electron chi connectivity index (χ1n) is 7.36. The first kappa shape index (κ1) is 15.8. The molecule has 1 N–H and O–H groups in total. The molecule has 1 aromatic carbocycles. The van der Waals surface area contributed by atoms with E-state index in [1.54, 1.807) is 12.1 Å². The Labute approximate surface area is 130 Å². The fraction of sp³-hybridized carbons (Fsp3) is 0.500. The first-order chi connectivity index (χ1) is 10.1. The Morgan fingerprint density at radius 1 is 1.19 bits per heavy atom. The minimum Gasteiger partial charge on any atom is -0.349 e. The molecule has 0 spiro atoms. The van der Waals surface area contributed by atoms with Crippen molar-refractivity contribution in [1.82, 2.24) is 10.2 Å². The Morgan fingerprint density at radius 3 is 2.38 bits per heavy atom. The zero-order valence-electron chi connectivity index (χ0n) is 12.3. The predicted octanol–water partition coefficient (Wildman–Crippen LogP) is 2.92. The molecule has 4 nitrogen and oxygen atoms in total. The molecule has 2 rings (SSSR count). The summed E-state index contributed by atoms with van der Waals surface area (Å²) in [5.41, 5.74) is 0.903. The summed E-state index contributed by atoms with van der Waals surface area (Å²) in [6, 6.07) is 6.96. The van der Waals surface area contributed by atoms with E-state index in [-0.39, 0.29) is 17.9 Å². The van der Waals surface area contributed by atoms with E-state index in [0.717, 1.165) is 31.5 Å². The molecule has 1 saturated heterocycles. The van der Waals surface area contributed by atoms with Gasteiger partial charge in [-0.05, 0) is 37.0 Å². The van der Waals surface area contributed by atoms with Crippen LogP contribution >= 0.6 is 11.6 Å². The highest BCUT2D eigenvalue weighted by Gasteiger charge is 2.22. The van der Waals surface area contributed by atoms with Crippen molar-refractivity contribution in [3.63, 3.8) is 0 Å². The number of benzene rings is 1. The molecule has 1 atom stereocenters. The molecular weight excluding hydrogens is 288 g/mol. The standard InChI is InChI=1S/C16H21ClN2O2/c1-12(20)18-15(13-5-7-14(17)8-6-13)11-16(21)19-9-3-2-4-10-19/h5-8,15H,2-4,9-11H2,1H3,(H,18,20). The zero-order valence-corrected chi connectivity index (χ0v) is 13.0. The van der Waals surface area contributed by atoms with Gasteiger partial charge in [-0.25, -0.2) is 0 Å². The van der Waals surface area contributed by atoms with Gasteiger partial charge in [-0.2, -0.15) is 0 Å². The van der Waals surface area contributed by atoms with Crippen molar-refractivity contribution in [2.45, 2.75) is 38.6 Å². The third-order valence-corrected chi connectivity index (χ3v) is 3.99. The second kappa shape index (κ2) is 7.46. The molecule has 114 valence electrons. The van der Waals surface area contributed by atoms with Crippen LogP contribution in [0.3, 0.4) is 0 Å². The van der Waals surface area contributed by atoms with E-state index in [1.165, 1.54) is 13.3 Å². The summed E-state index contributed by atoms with van der Waals surface area (Å²) in [6.45, 7) is 3.12. The van der Waals surface area contributed by atoms with E-state index in [9.17, 15) is 9.59 Å². The van der Waals surface area contributed by atoms with Crippen molar-refractivity contribution in [2.75, 3.05) is 13.1 Å². The molecule has 5 heteroatoms. The Morgan fingerprint density at radius 2 is 1.81 bits per heavy atom. The van der Waals surface area contributed by atoms with Gasteiger partial charge in [0.15, 0.2) is 0 Å². The first-order valence-corrected chi connectivity index (χ1v) is 7.74. The maximum atomic E-state index is 12.4. The van der Waals surface area contributed by atoms with E-state index in [0.29, 0.717) is 11.4 Å². The summed E-state index contributed by atoms with van der Waals surface area (Å²) in [7, 11) is 0. The van der Waals surface area contributed by atoms with E-state index >= 15 is 0 Å². The average Bonchev–Trinajstić information content (AvgIpc) is 2.48. The van der Waals surface area contributed by atoms with Gasteiger partial charge < -0.3 is 10.2 Å². The van der Waals surface area contributed by atoms with Crippen LogP contribution in [-0.4, -0.2) is 29.8 Å². The minimum absolute atomic E-state index is 0.100. The summed E-state index contributed by atoms with van der Waals surface area (Å²) in [5.74, 6) is -0.0372. The number of amides is 2. The quantitative estimate of drug-likeness (QED) is 0.929. The second-order valence-corrected chi connectivity index (χ2v) is 5.89. The normalized spacial score (nSPS) is 16.4. The van der Waals surface area contributed by atoms with Gasteiger partial charge >= 0.3 is 0 Å². The van der Waals surface area contributed by atoms with Gasteiger partial charge in [-0.1, -0.05) is 23.7 Å². The molecule has 1 fully saturated rings. The Kier molecular flexibility index (Phi) is 5.62. The number of hydrogen-bond donors (Lipinski definition) is 1. The zero-order chi connectivity index (χ0) is 15.2. The number of nitrogens with zero attached hydrogens (tertiary/aromatic N) is 1. The third-order valence-electron chi connectivity index (χ3n) is 3.74. The number of piperidine rings is 1. The molecule has 1 aliphatic heterocycles. The lowest BCUT2D eigenvalue weighted by atomic mass is 10.0. The van der Waals surface area contributed by atoms with Crippen LogP contribution in [0, 0.1) is 0 Å². The van der Waals surface area contributed by atoms with Gasteiger partial charge in [0.2, 0.25) is 11.8 Å². The average molecular weight is 309 g/mol. The summed E-state index contributed by atoms with van der Waals surface area (Å²) < 4.78 is 0. The van der Waals surface area contributed by atoms with E-state index in [1.807, 2.05) is 17.0 Å². The third kappa shape index (κ3) is 4.74. The van der Waals surface area contributed by atoms with Gasteiger partial charge in [0.05, 0.1) is 12.5 Å². The maximum absolute atomic E-state index is 12.4. The van der Waals surface area contributed by atoms with E-state index in [4.69, 9.17) is 11.6 Å². The van der Waals surface area contributed by atoms with Crippen LogP contribution in [0.15, 0.2) is 24.3 Å². The lowest BCUT2D eigenvalue weighted by molar-refractivity contribution is -0.132. The fourth-order valence-electron chi connectivity index (χ4n) is 2.64. The number of carbonyl (C=O) groups excluding carboxylic acids is 2. The summed E-state index contributed by atoms with van der Waals surface area (Å²) in [5, 5.41) is 3.50. The highest BCUT2D eigenvalue weighted by Crippen LogP contribution is 2.21. The molecule has 1 aromatic rings. The molecule has 0 radical (unpaired) electrons. The van der Waals surface area contributed by atoms with Crippen molar-refractivity contribution in [2.24, 2.45) is 0 Å². The largest absolute Gasteiger partial charge is 0.349 e. The van der Waals surface area contributed by atoms with Crippen LogP contribution in [-0.2, 0) is 9.59 Å². The molecule has 1 unspecified atom stereocenters. The van der Waals surface area contributed by atoms with Gasteiger partial charge in [-0.15, -0.1) is 0 Å². The number of nitrogens with one attached hydrogen (secondary N) is 1. The lowest BCUT2D eigenvalue weighted by Crippen LogP contribution is -2.38. The fourth-order valence-corrected chi connectivity index (χ4v) is 2.77. The molecule has 1 heterocycles. The van der Waals surface area contributed by atoms with Gasteiger partial charge in [0, 0.05) is 25.0 Å². The van der Waals surface area contributed by atoms with Crippen molar-refractivity contribution in [1.29, 1.82) is 0 Å². The predicted molar refractivity (Wildman–Crippen MR) is 83.1 cm³/mol. The van der Waals surface area contributed by atoms with E-state index in [2.05, 4.69) is 5.32 Å². The summed E-state index contributed by atoms with van der Waals surface area (Å²) >= 11 is 5.89. The van der Waals surface area contributed by atoms with Gasteiger partial charge in [0.1, 0.15) is 0 Å². The van der Waals surface area contributed by atoms with Crippen molar-refractivity contribution in [3.8, 4) is 0 Å². The Bertz CT molecular complexity index is 496. The smallest absolute Gasteiger partial charge is 0.224 e. The molecule has 0 aliphatic carbocycles. The highest BCUT2D eigenvalue weighted by molar-refractivity contribution is 6.30. The van der Waals surface area contributed by atoms with Gasteiger partial charge in [0.25, 0.3) is 0 Å². The second-order valence-electron chi connectivity index (χ2n) is 5.45. The number of hydrogen-bond acceptors (Lipinski definition) is 2. The molecule has 21 heavy (non-hydrogen) atoms. The van der Waals surface area contributed by atoms with Crippen LogP contribution in [0.2, 0.25) is 5.02 Å². The molecule has 2 amide bonds. The van der Waals surface area contributed by atoms with Crippen LogP contribution in [0.4, 0.5) is 0 Å². The highest BCUT2D eigenvalue weighted by atomic mass is 35.5. The van der Waals surface area contributed by atoms with Crippen molar-refractivity contribution >= 4 is 23.4 Å². The number of likely N-dealkylation sites (tertiary alicyclic amines) is 1. The Hall–Kier alpha value is -1.55. The number of halogens is 1. The molecular formula is C16H21ClN2O2. The topological polar surface area (TPSA) is 49.4 Å². The Balaban J connectivity index is 2.06. The molecule has 0 bridgehead atoms. The molecule has 1 aliphatic rings. The monoisotopic (exact) mass is 308 g/mol. The van der Waals surface area contributed by atoms with Crippen molar-refractivity contribution < 1.29 is 9.59 Å². The lowest BCUT2D eigenvalue weighted by Gasteiger charge is -2.28. The van der Waals surface area contributed by atoms with Crippen LogP contribution in [0.25, 0.3) is 0 Å². The number of rotatable bonds is 4. The summed E-state index contributed by atoms with van der Waals surface area (Å²) in [6.07, 6.45) is 3.62. The maximum Gasteiger partial charge on any atom is 0.224 e.